The van der Waals surface area contributed by atoms with Crippen molar-refractivity contribution in [1.29, 1.82) is 0 Å². The van der Waals surface area contributed by atoms with Gasteiger partial charge in [0.2, 0.25) is 0 Å². The summed E-state index contributed by atoms with van der Waals surface area (Å²) in [5, 5.41) is 16.7. The molecule has 7 heteroatoms. The normalized spacial score (nSPS) is 31.1. The van der Waals surface area contributed by atoms with E-state index in [1.54, 1.807) is 18.8 Å². The summed E-state index contributed by atoms with van der Waals surface area (Å²) in [6, 6.07) is 0. The van der Waals surface area contributed by atoms with Crippen molar-refractivity contribution in [3.63, 3.8) is 0 Å². The summed E-state index contributed by atoms with van der Waals surface area (Å²) >= 11 is 1.80. The van der Waals surface area contributed by atoms with Crippen LogP contribution in [-0.2, 0) is 4.74 Å². The predicted octanol–water partition coefficient (Wildman–Crippen LogP) is 0.816. The summed E-state index contributed by atoms with van der Waals surface area (Å²) in [6.07, 6.45) is 3.42. The van der Waals surface area contributed by atoms with Crippen LogP contribution in [0.15, 0.2) is 4.99 Å². The minimum Gasteiger partial charge on any atom is -0.387 e. The lowest BCUT2D eigenvalue weighted by Gasteiger charge is -2.23. The molecule has 2 atom stereocenters. The Morgan fingerprint density at radius 2 is 2.37 bits per heavy atom. The number of nitrogens with one attached hydrogen (secondary N) is 2. The Labute approximate surface area is 136 Å². The number of aliphatic hydroxyl groups is 1. The van der Waals surface area contributed by atoms with E-state index in [2.05, 4.69) is 15.6 Å². The quantitative estimate of drug-likeness (QED) is 0.370. The molecule has 2 aliphatic rings. The summed E-state index contributed by atoms with van der Waals surface area (Å²) < 4.78 is 5.55. The first-order chi connectivity index (χ1) is 8.72. The molecule has 0 bridgehead atoms. The molecule has 0 spiro atoms. The molecule has 0 aromatic heterocycles. The number of rotatable bonds is 4. The smallest absolute Gasteiger partial charge is 0.191 e. The van der Waals surface area contributed by atoms with Crippen LogP contribution in [0.2, 0.25) is 0 Å². The third kappa shape index (κ3) is 5.65. The van der Waals surface area contributed by atoms with Gasteiger partial charge in [0.25, 0.3) is 0 Å². The highest BCUT2D eigenvalue weighted by atomic mass is 127. The average Bonchev–Trinajstić information content (AvgIpc) is 3.01. The molecule has 0 aliphatic carbocycles. The van der Waals surface area contributed by atoms with Crippen molar-refractivity contribution in [3.05, 3.63) is 0 Å². The van der Waals surface area contributed by atoms with Gasteiger partial charge in [-0.2, -0.15) is 11.8 Å². The maximum absolute atomic E-state index is 10.2. The number of ether oxygens (including phenoxy) is 1. The van der Waals surface area contributed by atoms with Crippen LogP contribution in [0, 0.1) is 0 Å². The number of hydrogen-bond donors (Lipinski definition) is 3. The zero-order valence-corrected chi connectivity index (χ0v) is 14.5. The lowest BCUT2D eigenvalue weighted by Crippen LogP contribution is -2.48. The fourth-order valence-electron chi connectivity index (χ4n) is 2.22. The van der Waals surface area contributed by atoms with Gasteiger partial charge in [-0.1, -0.05) is 0 Å². The molecule has 5 nitrogen and oxygen atoms in total. The molecular formula is C12H24IN3O2S. The van der Waals surface area contributed by atoms with Gasteiger partial charge in [0.15, 0.2) is 5.96 Å². The van der Waals surface area contributed by atoms with Gasteiger partial charge in [0.05, 0.1) is 11.7 Å². The van der Waals surface area contributed by atoms with Crippen LogP contribution in [-0.4, -0.2) is 61.0 Å². The van der Waals surface area contributed by atoms with Crippen LogP contribution < -0.4 is 10.6 Å². The summed E-state index contributed by atoms with van der Waals surface area (Å²) in [5.74, 6) is 2.60. The van der Waals surface area contributed by atoms with Crippen molar-refractivity contribution in [1.82, 2.24) is 10.6 Å². The summed E-state index contributed by atoms with van der Waals surface area (Å²) in [5.41, 5.74) is -0.577. The first-order valence-corrected chi connectivity index (χ1v) is 7.74. The molecular weight excluding hydrogens is 377 g/mol. The van der Waals surface area contributed by atoms with E-state index in [1.807, 2.05) is 0 Å². The minimum absolute atomic E-state index is 0. The van der Waals surface area contributed by atoms with Crippen molar-refractivity contribution in [2.75, 3.05) is 38.2 Å². The Morgan fingerprint density at radius 3 is 2.95 bits per heavy atom. The molecule has 0 aromatic carbocycles. The lowest BCUT2D eigenvalue weighted by molar-refractivity contribution is 0.0722. The van der Waals surface area contributed by atoms with E-state index in [1.165, 1.54) is 0 Å². The second-order valence-electron chi connectivity index (χ2n) is 4.97. The molecule has 2 rings (SSSR count). The van der Waals surface area contributed by atoms with Gasteiger partial charge < -0.3 is 20.5 Å². The topological polar surface area (TPSA) is 65.9 Å². The Balaban J connectivity index is 0.00000180. The fourth-order valence-corrected chi connectivity index (χ4v) is 3.52. The lowest BCUT2D eigenvalue weighted by atomic mass is 10.0. The van der Waals surface area contributed by atoms with E-state index >= 15 is 0 Å². The second kappa shape index (κ2) is 8.53. The van der Waals surface area contributed by atoms with E-state index in [0.717, 1.165) is 49.9 Å². The number of hydrogen-bond acceptors (Lipinski definition) is 4. The van der Waals surface area contributed by atoms with Crippen LogP contribution in [0.1, 0.15) is 19.3 Å². The van der Waals surface area contributed by atoms with E-state index in [4.69, 9.17) is 4.74 Å². The maximum atomic E-state index is 10.2. The SMILES string of the molecule is CN=C(NCC1CCCO1)NCC1(O)CCSC1.I. The standard InChI is InChI=1S/C12H23N3O2S.HI/c1-13-11(14-7-10-3-2-5-17-10)15-8-12(16)4-6-18-9-12;/h10,16H,2-9H2,1H3,(H2,13,14,15);1H. The highest BCUT2D eigenvalue weighted by Crippen LogP contribution is 2.26. The largest absolute Gasteiger partial charge is 0.387 e. The highest BCUT2D eigenvalue weighted by molar-refractivity contribution is 14.0. The van der Waals surface area contributed by atoms with E-state index in [0.29, 0.717) is 12.6 Å². The molecule has 2 fully saturated rings. The third-order valence-electron chi connectivity index (χ3n) is 3.41. The number of halogens is 1. The van der Waals surface area contributed by atoms with Gasteiger partial charge in [-0.15, -0.1) is 24.0 Å². The van der Waals surface area contributed by atoms with Crippen molar-refractivity contribution >= 4 is 41.7 Å². The molecule has 0 aromatic rings. The molecule has 112 valence electrons. The van der Waals surface area contributed by atoms with Crippen LogP contribution >= 0.6 is 35.7 Å². The van der Waals surface area contributed by atoms with Crippen molar-refractivity contribution in [2.24, 2.45) is 4.99 Å². The van der Waals surface area contributed by atoms with Gasteiger partial charge in [0.1, 0.15) is 0 Å². The molecule has 2 unspecified atom stereocenters. The summed E-state index contributed by atoms with van der Waals surface area (Å²) in [7, 11) is 1.75. The van der Waals surface area contributed by atoms with E-state index in [-0.39, 0.29) is 24.0 Å². The molecule has 0 saturated carbocycles. The predicted molar refractivity (Wildman–Crippen MR) is 90.6 cm³/mol. The number of guanidine groups is 1. The van der Waals surface area contributed by atoms with Crippen LogP contribution in [0.3, 0.4) is 0 Å². The van der Waals surface area contributed by atoms with Crippen molar-refractivity contribution in [3.8, 4) is 0 Å². The number of thioether (sulfide) groups is 1. The van der Waals surface area contributed by atoms with Crippen LogP contribution in [0.4, 0.5) is 0 Å². The average molecular weight is 401 g/mol. The highest BCUT2D eigenvalue weighted by Gasteiger charge is 2.31. The molecule has 2 saturated heterocycles. The molecule has 19 heavy (non-hydrogen) atoms. The number of nitrogens with zero attached hydrogens (tertiary/aromatic N) is 1. The zero-order chi connectivity index (χ0) is 12.8. The molecule has 0 amide bonds. The van der Waals surface area contributed by atoms with Gasteiger partial charge in [-0.05, 0) is 25.0 Å². The van der Waals surface area contributed by atoms with Gasteiger partial charge in [0, 0.05) is 32.5 Å². The number of aliphatic imine (C=N–C) groups is 1. The Bertz CT molecular complexity index is 293. The molecule has 2 aliphatic heterocycles. The van der Waals surface area contributed by atoms with Gasteiger partial charge in [-0.25, -0.2) is 0 Å². The second-order valence-corrected chi connectivity index (χ2v) is 6.07. The molecule has 2 heterocycles. The van der Waals surface area contributed by atoms with Gasteiger partial charge >= 0.3 is 0 Å². The van der Waals surface area contributed by atoms with Crippen LogP contribution in [0.5, 0.6) is 0 Å². The summed E-state index contributed by atoms with van der Waals surface area (Å²) in [4.78, 5) is 4.16. The zero-order valence-electron chi connectivity index (χ0n) is 11.4. The first-order valence-electron chi connectivity index (χ1n) is 6.58. The third-order valence-corrected chi connectivity index (χ3v) is 4.65. The summed E-state index contributed by atoms with van der Waals surface area (Å²) in [6.45, 7) is 2.22. The maximum Gasteiger partial charge on any atom is 0.191 e. The monoisotopic (exact) mass is 401 g/mol. The van der Waals surface area contributed by atoms with Crippen molar-refractivity contribution in [2.45, 2.75) is 31.0 Å². The molecule has 0 radical (unpaired) electrons. The van der Waals surface area contributed by atoms with Gasteiger partial charge in [-0.3, -0.25) is 4.99 Å². The Hall–Kier alpha value is 0.270. The first kappa shape index (κ1) is 17.3. The van der Waals surface area contributed by atoms with E-state index in [9.17, 15) is 5.11 Å². The van der Waals surface area contributed by atoms with E-state index < -0.39 is 5.60 Å². The molecule has 3 N–H and O–H groups in total. The van der Waals surface area contributed by atoms with Crippen molar-refractivity contribution < 1.29 is 9.84 Å². The Morgan fingerprint density at radius 1 is 1.53 bits per heavy atom. The van der Waals surface area contributed by atoms with Crippen LogP contribution in [0.25, 0.3) is 0 Å². The fraction of sp³-hybridized carbons (Fsp3) is 0.917. The minimum atomic E-state index is -0.577. The Kier molecular flexibility index (Phi) is 7.78.